The van der Waals surface area contributed by atoms with Gasteiger partial charge in [0.05, 0.1) is 20.4 Å². The Labute approximate surface area is 213 Å². The van der Waals surface area contributed by atoms with E-state index in [1.165, 1.54) is 36.4 Å². The summed E-state index contributed by atoms with van der Waals surface area (Å²) in [6.07, 6.45) is 1.33. The van der Waals surface area contributed by atoms with Crippen LogP contribution in [0.2, 0.25) is 5.02 Å². The third kappa shape index (κ3) is 5.16. The van der Waals surface area contributed by atoms with Gasteiger partial charge in [-0.05, 0) is 73.1 Å². The first kappa shape index (κ1) is 25.1. The standard InChI is InChI=1S/C24H17ClFN3O6S/c1-12-7-16(19(29(33)34)8-13(12)2)20-6-4-15(35-20)10-21-23(31)28(24(32)36-21)11-22(30)27-14-3-5-18(26)17(25)9-14/h3-10H,11H2,1-2H3,(H,27,30)/b21-10-. The van der Waals surface area contributed by atoms with Crippen LogP contribution in [0.3, 0.4) is 0 Å². The number of nitrogens with zero attached hydrogens (tertiary/aromatic N) is 2. The summed E-state index contributed by atoms with van der Waals surface area (Å²) in [5.74, 6) is -1.60. The summed E-state index contributed by atoms with van der Waals surface area (Å²) in [5, 5.41) is 13.1. The van der Waals surface area contributed by atoms with E-state index in [-0.39, 0.29) is 38.4 Å². The molecule has 1 aliphatic rings. The second-order valence-corrected chi connectivity index (χ2v) is 9.26. The van der Waals surface area contributed by atoms with Gasteiger partial charge in [0, 0.05) is 17.8 Å². The number of carbonyl (C=O) groups excluding carboxylic acids is 3. The zero-order valence-corrected chi connectivity index (χ0v) is 20.4. The van der Waals surface area contributed by atoms with Gasteiger partial charge in [-0.25, -0.2) is 4.39 Å². The second kappa shape index (κ2) is 9.96. The number of carbonyl (C=O) groups is 3. The number of hydrogen-bond donors (Lipinski definition) is 1. The van der Waals surface area contributed by atoms with E-state index in [1.807, 2.05) is 6.92 Å². The quantitative estimate of drug-likeness (QED) is 0.238. The van der Waals surface area contributed by atoms with Gasteiger partial charge < -0.3 is 9.73 Å². The Hall–Kier alpha value is -3.96. The molecule has 1 aliphatic heterocycles. The third-order valence-electron chi connectivity index (χ3n) is 5.35. The highest BCUT2D eigenvalue weighted by atomic mass is 35.5. The molecule has 2 heterocycles. The molecule has 0 atom stereocenters. The summed E-state index contributed by atoms with van der Waals surface area (Å²) in [5.41, 5.74) is 1.98. The number of furan rings is 1. The molecule has 0 radical (unpaired) electrons. The Kier molecular flexibility index (Phi) is 6.95. The summed E-state index contributed by atoms with van der Waals surface area (Å²) >= 11 is 6.32. The van der Waals surface area contributed by atoms with Gasteiger partial charge in [-0.1, -0.05) is 11.6 Å². The van der Waals surface area contributed by atoms with Gasteiger partial charge in [0.15, 0.2) is 0 Å². The lowest BCUT2D eigenvalue weighted by molar-refractivity contribution is -0.384. The second-order valence-electron chi connectivity index (χ2n) is 7.86. The number of benzene rings is 2. The highest BCUT2D eigenvalue weighted by molar-refractivity contribution is 8.18. The number of aryl methyl sites for hydroxylation is 2. The molecule has 1 saturated heterocycles. The monoisotopic (exact) mass is 529 g/mol. The molecular weight excluding hydrogens is 513 g/mol. The number of halogens is 2. The summed E-state index contributed by atoms with van der Waals surface area (Å²) in [7, 11) is 0. The Balaban J connectivity index is 1.51. The molecule has 0 saturated carbocycles. The lowest BCUT2D eigenvalue weighted by Crippen LogP contribution is -2.36. The van der Waals surface area contributed by atoms with Crippen molar-refractivity contribution >= 4 is 57.9 Å². The van der Waals surface area contributed by atoms with E-state index in [2.05, 4.69) is 5.32 Å². The van der Waals surface area contributed by atoms with E-state index in [0.29, 0.717) is 11.8 Å². The van der Waals surface area contributed by atoms with Crippen LogP contribution in [0.1, 0.15) is 16.9 Å². The molecule has 3 amide bonds. The minimum absolute atomic E-state index is 0.0214. The van der Waals surface area contributed by atoms with Gasteiger partial charge in [-0.15, -0.1) is 0 Å². The number of anilines is 1. The number of nitro benzene ring substituents is 1. The van der Waals surface area contributed by atoms with Crippen molar-refractivity contribution in [2.75, 3.05) is 11.9 Å². The van der Waals surface area contributed by atoms with Crippen LogP contribution in [0.5, 0.6) is 0 Å². The molecule has 1 N–H and O–H groups in total. The van der Waals surface area contributed by atoms with Gasteiger partial charge in [0.2, 0.25) is 5.91 Å². The van der Waals surface area contributed by atoms with Crippen molar-refractivity contribution in [2.24, 2.45) is 0 Å². The van der Waals surface area contributed by atoms with Crippen LogP contribution in [0.4, 0.5) is 20.6 Å². The van der Waals surface area contributed by atoms with E-state index in [0.717, 1.165) is 22.1 Å². The molecule has 3 aromatic rings. The van der Waals surface area contributed by atoms with Crippen LogP contribution in [0.25, 0.3) is 17.4 Å². The van der Waals surface area contributed by atoms with E-state index in [9.17, 15) is 28.9 Å². The molecule has 0 bridgehead atoms. The number of hydrogen-bond acceptors (Lipinski definition) is 7. The SMILES string of the molecule is Cc1cc(-c2ccc(/C=C3\SC(=O)N(CC(=O)Nc4ccc(F)c(Cl)c4)C3=O)o2)c([N+](=O)[O-])cc1C. The first-order valence-corrected chi connectivity index (χ1v) is 11.6. The maximum Gasteiger partial charge on any atom is 0.294 e. The summed E-state index contributed by atoms with van der Waals surface area (Å²) < 4.78 is 19.0. The van der Waals surface area contributed by atoms with E-state index in [4.69, 9.17) is 16.0 Å². The molecule has 12 heteroatoms. The topological polar surface area (TPSA) is 123 Å². The fraction of sp³-hybridized carbons (Fsp3) is 0.125. The number of amides is 3. The first-order valence-electron chi connectivity index (χ1n) is 10.4. The number of imide groups is 1. The highest BCUT2D eigenvalue weighted by Crippen LogP contribution is 2.36. The maximum atomic E-state index is 13.3. The van der Waals surface area contributed by atoms with Crippen LogP contribution in [-0.4, -0.2) is 33.4 Å². The number of nitrogens with one attached hydrogen (secondary N) is 1. The summed E-state index contributed by atoms with van der Waals surface area (Å²) in [6.45, 7) is 3.03. The Morgan fingerprint density at radius 3 is 2.61 bits per heavy atom. The van der Waals surface area contributed by atoms with Crippen molar-refractivity contribution in [3.8, 4) is 11.3 Å². The summed E-state index contributed by atoms with van der Waals surface area (Å²) in [6, 6.07) is 9.74. The van der Waals surface area contributed by atoms with Gasteiger partial charge >= 0.3 is 0 Å². The van der Waals surface area contributed by atoms with Gasteiger partial charge in [-0.2, -0.15) is 0 Å². The fourth-order valence-corrected chi connectivity index (χ4v) is 4.41. The molecule has 2 aromatic carbocycles. The smallest absolute Gasteiger partial charge is 0.294 e. The van der Waals surface area contributed by atoms with Gasteiger partial charge in [0.25, 0.3) is 16.8 Å². The van der Waals surface area contributed by atoms with Crippen molar-refractivity contribution < 1.29 is 28.1 Å². The third-order valence-corrected chi connectivity index (χ3v) is 6.55. The molecule has 9 nitrogen and oxygen atoms in total. The van der Waals surface area contributed by atoms with Crippen molar-refractivity contribution in [3.63, 3.8) is 0 Å². The molecular formula is C24H17ClFN3O6S. The molecule has 0 spiro atoms. The predicted octanol–water partition coefficient (Wildman–Crippen LogP) is 5.94. The largest absolute Gasteiger partial charge is 0.456 e. The minimum Gasteiger partial charge on any atom is -0.456 e. The lowest BCUT2D eigenvalue weighted by atomic mass is 10.0. The molecule has 4 rings (SSSR count). The van der Waals surface area contributed by atoms with Crippen molar-refractivity contribution in [1.29, 1.82) is 0 Å². The first-order chi connectivity index (χ1) is 17.0. The highest BCUT2D eigenvalue weighted by Gasteiger charge is 2.36. The maximum absolute atomic E-state index is 13.3. The van der Waals surface area contributed by atoms with Gasteiger partial charge in [0.1, 0.15) is 23.9 Å². The number of thioether (sulfide) groups is 1. The Bertz CT molecular complexity index is 1470. The van der Waals surface area contributed by atoms with E-state index >= 15 is 0 Å². The molecule has 1 aromatic heterocycles. The number of rotatable bonds is 6. The molecule has 1 fully saturated rings. The van der Waals surface area contributed by atoms with Crippen molar-refractivity contribution in [2.45, 2.75) is 13.8 Å². The minimum atomic E-state index is -0.701. The average molecular weight is 530 g/mol. The molecule has 0 aliphatic carbocycles. The molecule has 184 valence electrons. The van der Waals surface area contributed by atoms with Crippen LogP contribution < -0.4 is 5.32 Å². The summed E-state index contributed by atoms with van der Waals surface area (Å²) in [4.78, 5) is 49.2. The number of nitro groups is 1. The van der Waals surface area contributed by atoms with Crippen LogP contribution in [0, 0.1) is 29.8 Å². The lowest BCUT2D eigenvalue weighted by Gasteiger charge is -2.12. The fourth-order valence-electron chi connectivity index (χ4n) is 3.41. The van der Waals surface area contributed by atoms with Gasteiger partial charge in [-0.3, -0.25) is 29.4 Å². The van der Waals surface area contributed by atoms with Crippen LogP contribution in [-0.2, 0) is 9.59 Å². The van der Waals surface area contributed by atoms with Crippen LogP contribution in [0.15, 0.2) is 51.8 Å². The van der Waals surface area contributed by atoms with Crippen LogP contribution >= 0.6 is 23.4 Å². The predicted molar refractivity (Wildman–Crippen MR) is 133 cm³/mol. The van der Waals surface area contributed by atoms with Crippen molar-refractivity contribution in [1.82, 2.24) is 4.90 Å². The van der Waals surface area contributed by atoms with Crippen molar-refractivity contribution in [3.05, 3.63) is 85.2 Å². The Morgan fingerprint density at radius 1 is 1.19 bits per heavy atom. The van der Waals surface area contributed by atoms with E-state index in [1.54, 1.807) is 13.0 Å². The zero-order chi connectivity index (χ0) is 26.1. The van der Waals surface area contributed by atoms with E-state index < -0.39 is 34.3 Å². The average Bonchev–Trinajstić information content (AvgIpc) is 3.38. The molecule has 0 unspecified atom stereocenters. The Morgan fingerprint density at radius 2 is 1.92 bits per heavy atom. The zero-order valence-electron chi connectivity index (χ0n) is 18.8. The molecule has 36 heavy (non-hydrogen) atoms. The normalized spacial score (nSPS) is 14.6.